The zero-order valence-electron chi connectivity index (χ0n) is 43.0. The Hall–Kier alpha value is -0.320. The molecule has 0 aromatic rings. The highest BCUT2D eigenvalue weighted by molar-refractivity contribution is 5.75. The Morgan fingerprint density at radius 2 is 0.557 bits per heavy atom. The highest BCUT2D eigenvalue weighted by Gasteiger charge is 2.07. The van der Waals surface area contributed by atoms with E-state index < -0.39 is 0 Å². The standard InChI is InChI=1S/C34H70O.C22H46N2O.ClH/c1-2-3-4-5-6-7-8-9-10-11-12-13-14-15-16-17-18-19-20-21-22-23-24-25-26-27-28-29-30-31-32-33-34-35;1-5-6-7-8-9-10-11-12-13-14-15-16-17-19-22(25)23-20-18-21-24(2,3)4;/h35H,2-34H2,1H3;5-21H2,1-4H3;1H. The summed E-state index contributed by atoms with van der Waals surface area (Å²) >= 11 is 0. The van der Waals surface area contributed by atoms with Crippen molar-refractivity contribution in [1.29, 1.82) is 0 Å². The van der Waals surface area contributed by atoms with Gasteiger partial charge in [0.05, 0.1) is 27.7 Å². The molecule has 2 N–H and O–H groups in total. The van der Waals surface area contributed by atoms with Gasteiger partial charge in [0.1, 0.15) is 0 Å². The van der Waals surface area contributed by atoms with E-state index >= 15 is 0 Å². The number of carbonyl (C=O) groups is 1. The van der Waals surface area contributed by atoms with Crippen molar-refractivity contribution in [2.45, 2.75) is 316 Å². The van der Waals surface area contributed by atoms with E-state index in [1.54, 1.807) is 0 Å². The number of hydrogen-bond acceptors (Lipinski definition) is 2. The average molecular weight is 886 g/mol. The molecule has 0 aromatic carbocycles. The lowest BCUT2D eigenvalue weighted by molar-refractivity contribution is -0.870. The van der Waals surface area contributed by atoms with Gasteiger partial charge >= 0.3 is 0 Å². The molecule has 0 heterocycles. The van der Waals surface area contributed by atoms with Crippen LogP contribution in [-0.4, -0.2) is 56.3 Å². The minimum Gasteiger partial charge on any atom is -1.00 e. The maximum Gasteiger partial charge on any atom is 0.219 e. The van der Waals surface area contributed by atoms with Crippen LogP contribution in [0.15, 0.2) is 0 Å². The summed E-state index contributed by atoms with van der Waals surface area (Å²) in [6, 6.07) is 0. The molecule has 5 heteroatoms. The van der Waals surface area contributed by atoms with Gasteiger partial charge in [-0.2, -0.15) is 0 Å². The van der Waals surface area contributed by atoms with Gasteiger partial charge < -0.3 is 27.3 Å². The largest absolute Gasteiger partial charge is 1.00 e. The Morgan fingerprint density at radius 1 is 0.344 bits per heavy atom. The first-order valence-corrected chi connectivity index (χ1v) is 28.0. The Morgan fingerprint density at radius 3 is 0.770 bits per heavy atom. The summed E-state index contributed by atoms with van der Waals surface area (Å²) in [6.07, 6.45) is 65.4. The molecule has 61 heavy (non-hydrogen) atoms. The monoisotopic (exact) mass is 885 g/mol. The number of halogens is 1. The van der Waals surface area contributed by atoms with Crippen LogP contribution in [0.4, 0.5) is 0 Å². The number of rotatable bonds is 50. The third-order valence-electron chi connectivity index (χ3n) is 12.8. The van der Waals surface area contributed by atoms with Crippen LogP contribution in [0.5, 0.6) is 0 Å². The summed E-state index contributed by atoms with van der Waals surface area (Å²) < 4.78 is 0.967. The number of aliphatic hydroxyl groups is 1. The number of carbonyl (C=O) groups excluding carboxylic acids is 1. The fraction of sp³-hybridized carbons (Fsp3) is 0.982. The van der Waals surface area contributed by atoms with E-state index in [0.717, 1.165) is 36.8 Å². The Kier molecular flexibility index (Phi) is 61.4. The van der Waals surface area contributed by atoms with Gasteiger partial charge in [-0.3, -0.25) is 4.79 Å². The van der Waals surface area contributed by atoms with Crippen LogP contribution >= 0.6 is 0 Å². The predicted octanol–water partition coefficient (Wildman–Crippen LogP) is 15.2. The first-order chi connectivity index (χ1) is 29.4. The molecule has 0 rings (SSSR count). The van der Waals surface area contributed by atoms with Crippen molar-refractivity contribution in [3.05, 3.63) is 0 Å². The minimum absolute atomic E-state index is 0. The smallest absolute Gasteiger partial charge is 0.219 e. The van der Waals surface area contributed by atoms with Gasteiger partial charge in [0.25, 0.3) is 0 Å². The van der Waals surface area contributed by atoms with Crippen LogP contribution in [-0.2, 0) is 4.79 Å². The lowest BCUT2D eigenvalue weighted by atomic mass is 10.0. The number of amides is 1. The first kappa shape index (κ1) is 65.0. The van der Waals surface area contributed by atoms with Gasteiger partial charge in [-0.15, -0.1) is 0 Å². The van der Waals surface area contributed by atoms with Crippen molar-refractivity contribution < 1.29 is 26.8 Å². The van der Waals surface area contributed by atoms with E-state index in [4.69, 9.17) is 5.11 Å². The van der Waals surface area contributed by atoms with Crippen LogP contribution in [0.2, 0.25) is 0 Å². The van der Waals surface area contributed by atoms with Crippen molar-refractivity contribution in [2.24, 2.45) is 0 Å². The van der Waals surface area contributed by atoms with E-state index in [9.17, 15) is 4.79 Å². The van der Waals surface area contributed by atoms with Crippen molar-refractivity contribution in [2.75, 3.05) is 40.8 Å². The molecule has 4 nitrogen and oxygen atoms in total. The van der Waals surface area contributed by atoms with E-state index in [1.165, 1.54) is 276 Å². The summed E-state index contributed by atoms with van der Waals surface area (Å²) in [5.41, 5.74) is 0. The van der Waals surface area contributed by atoms with Crippen LogP contribution in [0, 0.1) is 0 Å². The number of nitrogens with zero attached hydrogens (tertiary/aromatic N) is 1. The number of nitrogens with one attached hydrogen (secondary N) is 1. The van der Waals surface area contributed by atoms with Crippen LogP contribution in [0.25, 0.3) is 0 Å². The molecule has 0 saturated carbocycles. The fourth-order valence-electron chi connectivity index (χ4n) is 8.66. The second-order valence-corrected chi connectivity index (χ2v) is 20.4. The highest BCUT2D eigenvalue weighted by atomic mass is 35.5. The summed E-state index contributed by atoms with van der Waals surface area (Å²) in [5, 5.41) is 11.8. The maximum absolute atomic E-state index is 11.8. The van der Waals surface area contributed by atoms with Gasteiger partial charge in [0.2, 0.25) is 5.91 Å². The molecule has 1 amide bonds. The Balaban J connectivity index is -0.00000115. The third-order valence-corrected chi connectivity index (χ3v) is 12.8. The van der Waals surface area contributed by atoms with Gasteiger partial charge in [0, 0.05) is 26.0 Å². The quantitative estimate of drug-likeness (QED) is 0.0472. The molecule has 0 aliphatic heterocycles. The van der Waals surface area contributed by atoms with Gasteiger partial charge in [-0.25, -0.2) is 0 Å². The summed E-state index contributed by atoms with van der Waals surface area (Å²) in [6.45, 7) is 6.89. The van der Waals surface area contributed by atoms with Crippen molar-refractivity contribution >= 4 is 5.91 Å². The zero-order valence-corrected chi connectivity index (χ0v) is 43.8. The van der Waals surface area contributed by atoms with E-state index in [2.05, 4.69) is 40.3 Å². The SMILES string of the molecule is CCCCCCCCCCCCCCCC(=O)NCCC[N+](C)(C)C.CCCCCCCCCCCCCCCCCCCCCCCCCCCCCCCCCCO.[Cl-]. The predicted molar refractivity (Wildman–Crippen MR) is 271 cm³/mol. The number of unbranched alkanes of at least 4 members (excludes halogenated alkanes) is 43. The van der Waals surface area contributed by atoms with Gasteiger partial charge in [0.15, 0.2) is 0 Å². The molecule has 0 unspecified atom stereocenters. The number of hydrogen-bond donors (Lipinski definition) is 2. The molecule has 0 atom stereocenters. The van der Waals surface area contributed by atoms with E-state index in [-0.39, 0.29) is 18.3 Å². The molecule has 0 aromatic heterocycles. The zero-order chi connectivity index (χ0) is 44.1. The molecule has 0 aliphatic carbocycles. The first-order valence-electron chi connectivity index (χ1n) is 28.0. The van der Waals surface area contributed by atoms with Crippen LogP contribution in [0.3, 0.4) is 0 Å². The molecule has 0 spiro atoms. The summed E-state index contributed by atoms with van der Waals surface area (Å²) in [4.78, 5) is 11.8. The second-order valence-electron chi connectivity index (χ2n) is 20.4. The average Bonchev–Trinajstić information content (AvgIpc) is 3.23. The molecule has 0 radical (unpaired) electrons. The molecule has 0 saturated heterocycles. The number of aliphatic hydroxyl groups excluding tert-OH is 1. The fourth-order valence-corrected chi connectivity index (χ4v) is 8.66. The van der Waals surface area contributed by atoms with E-state index in [1.807, 2.05) is 0 Å². The van der Waals surface area contributed by atoms with Crippen LogP contribution in [0.1, 0.15) is 316 Å². The number of quaternary nitrogens is 1. The topological polar surface area (TPSA) is 49.3 Å². The normalized spacial score (nSPS) is 11.4. The lowest BCUT2D eigenvalue weighted by Gasteiger charge is -2.23. The van der Waals surface area contributed by atoms with Gasteiger partial charge in [-0.05, 0) is 12.8 Å². The van der Waals surface area contributed by atoms with E-state index in [0.29, 0.717) is 13.0 Å². The Bertz CT molecular complexity index is 740. The molecule has 0 bridgehead atoms. The van der Waals surface area contributed by atoms with Gasteiger partial charge in [-0.1, -0.05) is 290 Å². The highest BCUT2D eigenvalue weighted by Crippen LogP contribution is 2.17. The lowest BCUT2D eigenvalue weighted by Crippen LogP contribution is -3.00. The van der Waals surface area contributed by atoms with Crippen molar-refractivity contribution in [1.82, 2.24) is 5.32 Å². The van der Waals surface area contributed by atoms with Crippen LogP contribution < -0.4 is 17.7 Å². The molecular weight excluding hydrogens is 768 g/mol. The summed E-state index contributed by atoms with van der Waals surface area (Å²) in [7, 11) is 6.57. The van der Waals surface area contributed by atoms with Crippen molar-refractivity contribution in [3.63, 3.8) is 0 Å². The molecular formula is C56H117ClN2O2. The molecule has 0 aliphatic rings. The Labute approximate surface area is 392 Å². The maximum atomic E-state index is 11.8. The summed E-state index contributed by atoms with van der Waals surface area (Å²) in [5.74, 6) is 0.240. The minimum atomic E-state index is 0. The second kappa shape index (κ2) is 57.7. The molecule has 0 fully saturated rings. The molecule has 370 valence electrons. The van der Waals surface area contributed by atoms with Crippen molar-refractivity contribution in [3.8, 4) is 0 Å². The third kappa shape index (κ3) is 66.4.